The molecule has 88 valence electrons. The number of halogens is 1. The van der Waals surface area contributed by atoms with Gasteiger partial charge in [0, 0.05) is 17.8 Å². The molecule has 1 heterocycles. The first-order valence-corrected chi connectivity index (χ1v) is 6.06. The van der Waals surface area contributed by atoms with Crippen LogP contribution in [0.2, 0.25) is 0 Å². The van der Waals surface area contributed by atoms with Gasteiger partial charge in [0.1, 0.15) is 5.82 Å². The minimum atomic E-state index is 0.283. The predicted octanol–water partition coefficient (Wildman–Crippen LogP) is 2.31. The quantitative estimate of drug-likeness (QED) is 0.777. The third kappa shape index (κ3) is 2.76. The number of alkyl halides is 1. The standard InChI is InChI=1S/C11H16ClN3O/c1-2-16-10-6-13-5-9(15-10)14-8-11(7-12)3-4-11/h5-6H,2-4,7-8H2,1H3,(H,14,15). The van der Waals surface area contributed by atoms with Crippen molar-refractivity contribution in [1.29, 1.82) is 0 Å². The molecule has 0 aliphatic heterocycles. The summed E-state index contributed by atoms with van der Waals surface area (Å²) < 4.78 is 5.28. The molecule has 1 aromatic rings. The molecule has 1 saturated carbocycles. The summed E-state index contributed by atoms with van der Waals surface area (Å²) in [7, 11) is 0. The Hall–Kier alpha value is -1.03. The third-order valence-electron chi connectivity index (χ3n) is 2.79. The van der Waals surface area contributed by atoms with Crippen LogP contribution in [0.4, 0.5) is 5.82 Å². The summed E-state index contributed by atoms with van der Waals surface area (Å²) in [5.41, 5.74) is 0.283. The molecule has 0 radical (unpaired) electrons. The number of aromatic nitrogens is 2. The van der Waals surface area contributed by atoms with Crippen LogP contribution in [0.5, 0.6) is 5.88 Å². The van der Waals surface area contributed by atoms with Gasteiger partial charge >= 0.3 is 0 Å². The lowest BCUT2D eigenvalue weighted by Crippen LogP contribution is -2.17. The Morgan fingerprint density at radius 1 is 1.50 bits per heavy atom. The van der Waals surface area contributed by atoms with Gasteiger partial charge in [0.25, 0.3) is 0 Å². The zero-order chi connectivity index (χ0) is 11.4. The lowest BCUT2D eigenvalue weighted by Gasteiger charge is -2.13. The molecule has 1 aromatic heterocycles. The number of nitrogens with one attached hydrogen (secondary N) is 1. The summed E-state index contributed by atoms with van der Waals surface area (Å²) in [5.74, 6) is 2.02. The van der Waals surface area contributed by atoms with Crippen LogP contribution < -0.4 is 10.1 Å². The van der Waals surface area contributed by atoms with Gasteiger partial charge in [-0.15, -0.1) is 11.6 Å². The molecule has 0 unspecified atom stereocenters. The summed E-state index contributed by atoms with van der Waals surface area (Å²) in [6, 6.07) is 0. The molecule has 1 aliphatic carbocycles. The monoisotopic (exact) mass is 241 g/mol. The van der Waals surface area contributed by atoms with Gasteiger partial charge in [-0.25, -0.2) is 0 Å². The van der Waals surface area contributed by atoms with Gasteiger partial charge in [0.2, 0.25) is 5.88 Å². The van der Waals surface area contributed by atoms with E-state index >= 15 is 0 Å². The largest absolute Gasteiger partial charge is 0.477 e. The van der Waals surface area contributed by atoms with Crippen molar-refractivity contribution in [2.24, 2.45) is 5.41 Å². The molecule has 0 atom stereocenters. The predicted molar refractivity (Wildman–Crippen MR) is 64.1 cm³/mol. The maximum atomic E-state index is 5.90. The Labute approximate surface area is 100 Å². The first-order valence-electron chi connectivity index (χ1n) is 5.53. The Kier molecular flexibility index (Phi) is 3.49. The van der Waals surface area contributed by atoms with E-state index in [2.05, 4.69) is 15.3 Å². The smallest absolute Gasteiger partial charge is 0.234 e. The maximum absolute atomic E-state index is 5.90. The molecule has 1 N–H and O–H groups in total. The summed E-state index contributed by atoms with van der Waals surface area (Å²) in [6.07, 6.45) is 5.71. The van der Waals surface area contributed by atoms with Crippen molar-refractivity contribution in [1.82, 2.24) is 9.97 Å². The molecule has 0 amide bonds. The van der Waals surface area contributed by atoms with Crippen LogP contribution in [0, 0.1) is 5.41 Å². The van der Waals surface area contributed by atoms with E-state index in [1.54, 1.807) is 12.4 Å². The van der Waals surface area contributed by atoms with Crippen LogP contribution in [0.3, 0.4) is 0 Å². The fourth-order valence-electron chi connectivity index (χ4n) is 1.46. The fourth-order valence-corrected chi connectivity index (χ4v) is 1.82. The molecule has 2 rings (SSSR count). The third-order valence-corrected chi connectivity index (χ3v) is 3.36. The van der Waals surface area contributed by atoms with Crippen LogP contribution >= 0.6 is 11.6 Å². The van der Waals surface area contributed by atoms with Crippen molar-refractivity contribution in [3.63, 3.8) is 0 Å². The maximum Gasteiger partial charge on any atom is 0.234 e. The van der Waals surface area contributed by atoms with Gasteiger partial charge in [0.05, 0.1) is 19.0 Å². The van der Waals surface area contributed by atoms with Gasteiger partial charge in [-0.2, -0.15) is 4.98 Å². The van der Waals surface area contributed by atoms with Crippen molar-refractivity contribution >= 4 is 17.4 Å². The van der Waals surface area contributed by atoms with E-state index in [0.29, 0.717) is 18.4 Å². The molecule has 0 aromatic carbocycles. The molecule has 16 heavy (non-hydrogen) atoms. The van der Waals surface area contributed by atoms with Gasteiger partial charge in [0.15, 0.2) is 0 Å². The fraction of sp³-hybridized carbons (Fsp3) is 0.636. The highest BCUT2D eigenvalue weighted by Crippen LogP contribution is 2.46. The van der Waals surface area contributed by atoms with Crippen molar-refractivity contribution < 1.29 is 4.74 Å². The van der Waals surface area contributed by atoms with Crippen molar-refractivity contribution in [3.8, 4) is 5.88 Å². The molecule has 4 nitrogen and oxygen atoms in total. The molecular formula is C11H16ClN3O. The second kappa shape index (κ2) is 4.87. The number of hydrogen-bond acceptors (Lipinski definition) is 4. The molecule has 1 aliphatic rings. The normalized spacial score (nSPS) is 16.9. The topological polar surface area (TPSA) is 47.0 Å². The van der Waals surface area contributed by atoms with Crippen LogP contribution in [0.15, 0.2) is 12.4 Å². The number of hydrogen-bond donors (Lipinski definition) is 1. The van der Waals surface area contributed by atoms with Crippen LogP contribution in [0.1, 0.15) is 19.8 Å². The van der Waals surface area contributed by atoms with Gasteiger partial charge < -0.3 is 10.1 Å². The number of ether oxygens (including phenoxy) is 1. The zero-order valence-electron chi connectivity index (χ0n) is 9.37. The minimum absolute atomic E-state index is 0.283. The number of rotatable bonds is 6. The summed E-state index contributed by atoms with van der Waals surface area (Å²) in [6.45, 7) is 3.39. The SMILES string of the molecule is CCOc1cncc(NCC2(CCl)CC2)n1. The Balaban J connectivity index is 1.91. The molecular weight excluding hydrogens is 226 g/mol. The molecule has 0 spiro atoms. The van der Waals surface area contributed by atoms with E-state index in [0.717, 1.165) is 12.4 Å². The molecule has 5 heteroatoms. The average Bonchev–Trinajstić information content (AvgIpc) is 3.08. The van der Waals surface area contributed by atoms with E-state index in [1.807, 2.05) is 6.92 Å². The highest BCUT2D eigenvalue weighted by atomic mass is 35.5. The zero-order valence-corrected chi connectivity index (χ0v) is 10.1. The lowest BCUT2D eigenvalue weighted by molar-refractivity contribution is 0.325. The highest BCUT2D eigenvalue weighted by Gasteiger charge is 2.41. The van der Waals surface area contributed by atoms with E-state index in [4.69, 9.17) is 16.3 Å². The van der Waals surface area contributed by atoms with Crippen molar-refractivity contribution in [2.75, 3.05) is 24.3 Å². The summed E-state index contributed by atoms with van der Waals surface area (Å²) in [5, 5.41) is 3.26. The van der Waals surface area contributed by atoms with Crippen molar-refractivity contribution in [2.45, 2.75) is 19.8 Å². The van der Waals surface area contributed by atoms with Gasteiger partial charge in [-0.3, -0.25) is 4.98 Å². The van der Waals surface area contributed by atoms with Crippen LogP contribution in [-0.4, -0.2) is 29.0 Å². The molecule has 1 fully saturated rings. The first-order chi connectivity index (χ1) is 7.78. The first kappa shape index (κ1) is 11.5. The Bertz CT molecular complexity index is 355. The summed E-state index contributed by atoms with van der Waals surface area (Å²) >= 11 is 5.90. The number of anilines is 1. The van der Waals surface area contributed by atoms with Crippen LogP contribution in [0.25, 0.3) is 0 Å². The van der Waals surface area contributed by atoms with E-state index in [-0.39, 0.29) is 5.41 Å². The molecule has 0 bridgehead atoms. The van der Waals surface area contributed by atoms with E-state index in [1.165, 1.54) is 12.8 Å². The second-order valence-electron chi connectivity index (χ2n) is 4.16. The van der Waals surface area contributed by atoms with Crippen molar-refractivity contribution in [3.05, 3.63) is 12.4 Å². The number of nitrogens with zero attached hydrogens (tertiary/aromatic N) is 2. The van der Waals surface area contributed by atoms with E-state index < -0.39 is 0 Å². The average molecular weight is 242 g/mol. The summed E-state index contributed by atoms with van der Waals surface area (Å²) in [4.78, 5) is 8.36. The molecule has 0 saturated heterocycles. The highest BCUT2D eigenvalue weighted by molar-refractivity contribution is 6.18. The van der Waals surface area contributed by atoms with Gasteiger partial charge in [-0.1, -0.05) is 0 Å². The lowest BCUT2D eigenvalue weighted by atomic mass is 10.1. The minimum Gasteiger partial charge on any atom is -0.477 e. The van der Waals surface area contributed by atoms with E-state index in [9.17, 15) is 0 Å². The van der Waals surface area contributed by atoms with Gasteiger partial charge in [-0.05, 0) is 19.8 Å². The second-order valence-corrected chi connectivity index (χ2v) is 4.43. The Morgan fingerprint density at radius 3 is 2.94 bits per heavy atom. The Morgan fingerprint density at radius 2 is 2.31 bits per heavy atom. The van der Waals surface area contributed by atoms with Crippen LogP contribution in [-0.2, 0) is 0 Å².